The summed E-state index contributed by atoms with van der Waals surface area (Å²) in [5.74, 6) is 0. The van der Waals surface area contributed by atoms with Gasteiger partial charge in [0.1, 0.15) is 0 Å². The number of rotatable bonds is 4. The average molecular weight is 197 g/mol. The van der Waals surface area contributed by atoms with Crippen LogP contribution in [0.3, 0.4) is 0 Å². The van der Waals surface area contributed by atoms with Gasteiger partial charge in [-0.2, -0.15) is 0 Å². The van der Waals surface area contributed by atoms with Crippen molar-refractivity contribution in [1.29, 1.82) is 0 Å². The Kier molecular flexibility index (Phi) is 7.20. The molecule has 0 saturated heterocycles. The van der Waals surface area contributed by atoms with Crippen LogP contribution in [-0.2, 0) is 0 Å². The molecule has 1 nitrogen and oxygen atoms in total. The van der Waals surface area contributed by atoms with E-state index in [1.807, 2.05) is 25.1 Å². The second-order valence-corrected chi connectivity index (χ2v) is 3.38. The quantitative estimate of drug-likeness (QED) is 0.498. The van der Waals surface area contributed by atoms with Crippen molar-refractivity contribution in [2.75, 3.05) is 6.54 Å². The summed E-state index contributed by atoms with van der Waals surface area (Å²) in [4.78, 5) is 0. The minimum atomic E-state index is 0. The topological polar surface area (TPSA) is 14.1 Å². The molecule has 0 saturated carbocycles. The third-order valence-corrected chi connectivity index (χ3v) is 1.92. The molecule has 0 aliphatic carbocycles. The van der Waals surface area contributed by atoms with Crippen molar-refractivity contribution in [1.82, 2.24) is 0 Å². The summed E-state index contributed by atoms with van der Waals surface area (Å²) in [6.07, 6.45) is 0. The van der Waals surface area contributed by atoms with Gasteiger partial charge in [0.05, 0.1) is 0 Å². The van der Waals surface area contributed by atoms with E-state index in [-0.39, 0.29) is 35.6 Å². The van der Waals surface area contributed by atoms with E-state index in [1.165, 1.54) is 5.56 Å². The fourth-order valence-corrected chi connectivity index (χ4v) is 1.13. The van der Waals surface area contributed by atoms with Crippen LogP contribution < -0.4 is 29.6 Å². The van der Waals surface area contributed by atoms with E-state index in [1.54, 1.807) is 0 Å². The molecule has 0 fully saturated rings. The van der Waals surface area contributed by atoms with Crippen molar-refractivity contribution in [3.8, 4) is 0 Å². The molecule has 0 amide bonds. The summed E-state index contributed by atoms with van der Waals surface area (Å²) in [6, 6.07) is 10.6. The van der Waals surface area contributed by atoms with Gasteiger partial charge in [0.2, 0.25) is 0 Å². The Morgan fingerprint density at radius 1 is 1.36 bits per heavy atom. The normalized spacial score (nSPS) is 11.6. The summed E-state index contributed by atoms with van der Waals surface area (Å²) >= 11 is 0. The number of hydrogen-bond donors (Lipinski definition) is 0. The van der Waals surface area contributed by atoms with Gasteiger partial charge in [0, 0.05) is 0 Å². The molecule has 1 aromatic rings. The second kappa shape index (κ2) is 7.24. The van der Waals surface area contributed by atoms with Crippen molar-refractivity contribution < 1.29 is 29.6 Å². The van der Waals surface area contributed by atoms with E-state index < -0.39 is 0 Å². The summed E-state index contributed by atoms with van der Waals surface area (Å²) < 4.78 is 0. The zero-order valence-corrected chi connectivity index (χ0v) is 11.3. The molecule has 0 heterocycles. The Bertz CT molecular complexity index is 269. The zero-order chi connectivity index (χ0) is 9.68. The summed E-state index contributed by atoms with van der Waals surface area (Å²) in [5, 5.41) is 4.49. The van der Waals surface area contributed by atoms with Crippen LogP contribution >= 0.6 is 0 Å². The van der Waals surface area contributed by atoms with Gasteiger partial charge in [-0.05, 0) is 6.92 Å². The van der Waals surface area contributed by atoms with E-state index in [2.05, 4.69) is 31.0 Å². The van der Waals surface area contributed by atoms with E-state index >= 15 is 0 Å². The molecule has 1 rings (SSSR count). The molecule has 0 radical (unpaired) electrons. The van der Waals surface area contributed by atoms with Crippen LogP contribution in [0.4, 0.5) is 0 Å². The van der Waals surface area contributed by atoms with Gasteiger partial charge in [0.15, 0.2) is 0 Å². The molecule has 0 N–H and O–H groups in total. The minimum absolute atomic E-state index is 0. The first kappa shape index (κ1) is 13.9. The Morgan fingerprint density at radius 2 is 1.93 bits per heavy atom. The zero-order valence-electron chi connectivity index (χ0n) is 9.33. The number of nitrogens with zero attached hydrogens (tertiary/aromatic N) is 1. The number of hydrogen-bond acceptors (Lipinski definition) is 0. The molecule has 1 atom stereocenters. The summed E-state index contributed by atoms with van der Waals surface area (Å²) in [7, 11) is 0. The molecule has 70 valence electrons. The van der Waals surface area contributed by atoms with E-state index in [9.17, 15) is 0 Å². The van der Waals surface area contributed by atoms with E-state index in [0.29, 0.717) is 0 Å². The van der Waals surface area contributed by atoms with Crippen LogP contribution in [0, 0.1) is 0 Å². The smallest absolute Gasteiger partial charge is 0.652 e. The Hall–Kier alpha value is -0.0800. The minimum Gasteiger partial charge on any atom is -0.652 e. The van der Waals surface area contributed by atoms with Gasteiger partial charge in [-0.3, -0.25) is 0 Å². The van der Waals surface area contributed by atoms with Gasteiger partial charge in [0.25, 0.3) is 0 Å². The summed E-state index contributed by atoms with van der Waals surface area (Å²) in [6.45, 7) is 8.70. The molecule has 2 heteroatoms. The van der Waals surface area contributed by atoms with Gasteiger partial charge >= 0.3 is 29.6 Å². The predicted octanol–water partition coefficient (Wildman–Crippen LogP) is 0.701. The van der Waals surface area contributed by atoms with Crippen molar-refractivity contribution in [2.45, 2.75) is 19.9 Å². The number of benzene rings is 1. The fourth-order valence-electron chi connectivity index (χ4n) is 1.13. The fraction of sp³-hybridized carbons (Fsp3) is 0.333. The van der Waals surface area contributed by atoms with Crippen LogP contribution in [-0.4, -0.2) is 6.54 Å². The van der Waals surface area contributed by atoms with Crippen molar-refractivity contribution >= 4 is 0 Å². The standard InChI is InChI=1S/C12H16N.Na/c1-10(2)9-13-11(3)12-7-5-4-6-8-12;/h4-8,11H,1,9H2,2-3H3;/q-1;+1/t11-;/m0./s1. The predicted molar refractivity (Wildman–Crippen MR) is 57.9 cm³/mol. The summed E-state index contributed by atoms with van der Waals surface area (Å²) in [5.41, 5.74) is 2.38. The van der Waals surface area contributed by atoms with Gasteiger partial charge in [-0.1, -0.05) is 42.8 Å². The third-order valence-electron chi connectivity index (χ3n) is 1.92. The molecule has 0 aliphatic rings. The molecular formula is C12H16NNa. The largest absolute Gasteiger partial charge is 1.00 e. The molecular weight excluding hydrogens is 181 g/mol. The SMILES string of the molecule is C=C(C)C[N-][C@@H](C)c1ccccc1.[Na+]. The molecule has 0 aliphatic heterocycles. The van der Waals surface area contributed by atoms with Crippen LogP contribution in [0.5, 0.6) is 0 Å². The van der Waals surface area contributed by atoms with Crippen LogP contribution in [0.1, 0.15) is 25.5 Å². The van der Waals surface area contributed by atoms with Crippen molar-refractivity contribution in [3.05, 3.63) is 53.4 Å². The van der Waals surface area contributed by atoms with Crippen LogP contribution in [0.15, 0.2) is 42.5 Å². The average Bonchev–Trinajstić information content (AvgIpc) is 2.15. The maximum atomic E-state index is 4.49. The first-order valence-corrected chi connectivity index (χ1v) is 4.56. The maximum absolute atomic E-state index is 4.49. The molecule has 1 aromatic carbocycles. The Labute approximate surface area is 109 Å². The molecule has 0 aromatic heterocycles. The Morgan fingerprint density at radius 3 is 2.43 bits per heavy atom. The third kappa shape index (κ3) is 4.97. The first-order chi connectivity index (χ1) is 6.20. The molecule has 0 spiro atoms. The van der Waals surface area contributed by atoms with Crippen LogP contribution in [0.25, 0.3) is 5.32 Å². The first-order valence-electron chi connectivity index (χ1n) is 4.56. The monoisotopic (exact) mass is 197 g/mol. The second-order valence-electron chi connectivity index (χ2n) is 3.38. The maximum Gasteiger partial charge on any atom is 1.00 e. The van der Waals surface area contributed by atoms with Gasteiger partial charge in [-0.25, -0.2) is 0 Å². The molecule has 0 unspecified atom stereocenters. The van der Waals surface area contributed by atoms with Gasteiger partial charge < -0.3 is 5.32 Å². The van der Waals surface area contributed by atoms with E-state index in [4.69, 9.17) is 0 Å². The van der Waals surface area contributed by atoms with Crippen molar-refractivity contribution in [3.63, 3.8) is 0 Å². The van der Waals surface area contributed by atoms with Crippen molar-refractivity contribution in [2.24, 2.45) is 0 Å². The molecule has 0 bridgehead atoms. The molecule has 14 heavy (non-hydrogen) atoms. The van der Waals surface area contributed by atoms with Gasteiger partial charge in [-0.15, -0.1) is 24.7 Å². The Balaban J connectivity index is 0.00000169. The van der Waals surface area contributed by atoms with E-state index in [0.717, 1.165) is 12.1 Å². The van der Waals surface area contributed by atoms with Crippen LogP contribution in [0.2, 0.25) is 0 Å².